The molecule has 1 amide bonds. The van der Waals surface area contributed by atoms with Gasteiger partial charge in [-0.1, -0.05) is 41.9 Å². The summed E-state index contributed by atoms with van der Waals surface area (Å²) < 4.78 is 25.9. The molecule has 0 radical (unpaired) electrons. The molecule has 2 aromatic rings. The molecule has 0 aromatic heterocycles. The average molecular weight is 450 g/mol. The molecule has 0 bridgehead atoms. The number of likely N-dealkylation sites (tertiary alicyclic amines) is 1. The standard InChI is InChI=1S/C22H28ClN3O3S/c1-17(26(30(2,28)29)21-11-7-10-20(23)14-21)22(27)24-15-18-8-3-4-9-19(18)16-25-12-5-6-13-25/h3-4,7-11,14,17H,5-6,12-13,15-16H2,1-2H3,(H,24,27). The Hall–Kier alpha value is -2.09. The summed E-state index contributed by atoms with van der Waals surface area (Å²) in [6, 6.07) is 13.6. The number of carbonyl (C=O) groups is 1. The van der Waals surface area contributed by atoms with E-state index in [0.717, 1.165) is 35.8 Å². The largest absolute Gasteiger partial charge is 0.350 e. The van der Waals surface area contributed by atoms with Gasteiger partial charge in [0, 0.05) is 18.1 Å². The van der Waals surface area contributed by atoms with Crippen molar-refractivity contribution in [1.82, 2.24) is 10.2 Å². The summed E-state index contributed by atoms with van der Waals surface area (Å²) in [5.41, 5.74) is 2.59. The monoisotopic (exact) mass is 449 g/mol. The molecule has 1 fully saturated rings. The zero-order valence-electron chi connectivity index (χ0n) is 17.3. The lowest BCUT2D eigenvalue weighted by Crippen LogP contribution is -2.47. The molecular weight excluding hydrogens is 422 g/mol. The molecule has 1 heterocycles. The molecular formula is C22H28ClN3O3S. The summed E-state index contributed by atoms with van der Waals surface area (Å²) in [5, 5.41) is 3.31. The number of carbonyl (C=O) groups excluding carboxylic acids is 1. The van der Waals surface area contributed by atoms with E-state index in [4.69, 9.17) is 11.6 Å². The Labute approximate surface area is 183 Å². The second kappa shape index (κ2) is 9.81. The molecule has 1 N–H and O–H groups in total. The van der Waals surface area contributed by atoms with E-state index in [0.29, 0.717) is 17.3 Å². The quantitative estimate of drug-likeness (QED) is 0.670. The van der Waals surface area contributed by atoms with Crippen molar-refractivity contribution in [2.45, 2.75) is 38.9 Å². The highest BCUT2D eigenvalue weighted by Crippen LogP contribution is 2.24. The van der Waals surface area contributed by atoms with Crippen LogP contribution in [0.15, 0.2) is 48.5 Å². The third-order valence-corrected chi connectivity index (χ3v) is 6.79. The van der Waals surface area contributed by atoms with Crippen molar-refractivity contribution in [2.24, 2.45) is 0 Å². The van der Waals surface area contributed by atoms with Gasteiger partial charge in [-0.05, 0) is 62.2 Å². The van der Waals surface area contributed by atoms with Gasteiger partial charge in [-0.2, -0.15) is 0 Å². The fraction of sp³-hybridized carbons (Fsp3) is 0.409. The van der Waals surface area contributed by atoms with Crippen molar-refractivity contribution in [3.05, 3.63) is 64.7 Å². The average Bonchev–Trinajstić information content (AvgIpc) is 3.19. The van der Waals surface area contributed by atoms with Crippen LogP contribution < -0.4 is 9.62 Å². The van der Waals surface area contributed by atoms with E-state index < -0.39 is 16.1 Å². The normalized spacial score (nSPS) is 15.7. The number of nitrogens with one attached hydrogen (secondary N) is 1. The maximum Gasteiger partial charge on any atom is 0.243 e. The zero-order chi connectivity index (χ0) is 21.7. The fourth-order valence-corrected chi connectivity index (χ4v) is 5.17. The molecule has 6 nitrogen and oxygen atoms in total. The molecule has 0 saturated carbocycles. The Morgan fingerprint density at radius 3 is 2.43 bits per heavy atom. The molecule has 1 saturated heterocycles. The minimum absolute atomic E-state index is 0.348. The van der Waals surface area contributed by atoms with Gasteiger partial charge in [0.05, 0.1) is 11.9 Å². The van der Waals surface area contributed by atoms with Crippen LogP contribution in [0.1, 0.15) is 30.9 Å². The van der Waals surface area contributed by atoms with Crippen LogP contribution in [0.2, 0.25) is 5.02 Å². The van der Waals surface area contributed by atoms with Crippen molar-refractivity contribution >= 4 is 33.2 Å². The molecule has 2 aromatic carbocycles. The number of sulfonamides is 1. The van der Waals surface area contributed by atoms with Crippen LogP contribution in [-0.2, 0) is 27.9 Å². The van der Waals surface area contributed by atoms with Crippen LogP contribution >= 0.6 is 11.6 Å². The van der Waals surface area contributed by atoms with Crippen LogP contribution in [0.3, 0.4) is 0 Å². The number of nitrogens with zero attached hydrogens (tertiary/aromatic N) is 2. The summed E-state index contributed by atoms with van der Waals surface area (Å²) in [7, 11) is -3.68. The van der Waals surface area contributed by atoms with E-state index in [2.05, 4.69) is 16.3 Å². The van der Waals surface area contributed by atoms with Gasteiger partial charge in [-0.3, -0.25) is 14.0 Å². The number of halogens is 1. The lowest BCUT2D eigenvalue weighted by atomic mass is 10.1. The van der Waals surface area contributed by atoms with Gasteiger partial charge in [0.15, 0.2) is 0 Å². The molecule has 162 valence electrons. The highest BCUT2D eigenvalue weighted by atomic mass is 35.5. The Morgan fingerprint density at radius 1 is 1.13 bits per heavy atom. The first kappa shape index (κ1) is 22.6. The van der Waals surface area contributed by atoms with E-state index in [9.17, 15) is 13.2 Å². The zero-order valence-corrected chi connectivity index (χ0v) is 18.9. The summed E-state index contributed by atoms with van der Waals surface area (Å²) in [4.78, 5) is 15.3. The highest BCUT2D eigenvalue weighted by molar-refractivity contribution is 7.92. The van der Waals surface area contributed by atoms with Gasteiger partial charge < -0.3 is 5.32 Å². The molecule has 1 aliphatic rings. The third-order valence-electron chi connectivity index (χ3n) is 5.32. The summed E-state index contributed by atoms with van der Waals surface area (Å²) >= 11 is 6.03. The van der Waals surface area contributed by atoms with E-state index in [1.807, 2.05) is 18.2 Å². The van der Waals surface area contributed by atoms with Crippen LogP contribution in [0.5, 0.6) is 0 Å². The van der Waals surface area contributed by atoms with E-state index in [-0.39, 0.29) is 5.91 Å². The number of rotatable bonds is 8. The maximum absolute atomic E-state index is 12.9. The number of hydrogen-bond acceptors (Lipinski definition) is 4. The maximum atomic E-state index is 12.9. The minimum Gasteiger partial charge on any atom is -0.350 e. The van der Waals surface area contributed by atoms with Gasteiger partial charge in [-0.25, -0.2) is 8.42 Å². The SMILES string of the molecule is CC(C(=O)NCc1ccccc1CN1CCCC1)N(c1cccc(Cl)c1)S(C)(=O)=O. The molecule has 3 rings (SSSR count). The first-order chi connectivity index (χ1) is 14.3. The molecule has 0 aliphatic carbocycles. The number of hydrogen-bond donors (Lipinski definition) is 1. The highest BCUT2D eigenvalue weighted by Gasteiger charge is 2.29. The molecule has 8 heteroatoms. The first-order valence-electron chi connectivity index (χ1n) is 10.1. The smallest absolute Gasteiger partial charge is 0.243 e. The topological polar surface area (TPSA) is 69.7 Å². The Balaban J connectivity index is 1.72. The lowest BCUT2D eigenvalue weighted by Gasteiger charge is -2.28. The summed E-state index contributed by atoms with van der Waals surface area (Å²) in [6.07, 6.45) is 3.53. The van der Waals surface area contributed by atoms with Gasteiger partial charge in [-0.15, -0.1) is 0 Å². The number of amides is 1. The van der Waals surface area contributed by atoms with E-state index in [1.165, 1.54) is 24.5 Å². The van der Waals surface area contributed by atoms with Crippen molar-refractivity contribution in [3.8, 4) is 0 Å². The fourth-order valence-electron chi connectivity index (χ4n) is 3.82. The van der Waals surface area contributed by atoms with Crippen molar-refractivity contribution < 1.29 is 13.2 Å². The predicted molar refractivity (Wildman–Crippen MR) is 121 cm³/mol. The molecule has 0 spiro atoms. The lowest BCUT2D eigenvalue weighted by molar-refractivity contribution is -0.122. The van der Waals surface area contributed by atoms with E-state index in [1.54, 1.807) is 25.1 Å². The second-order valence-electron chi connectivity index (χ2n) is 7.68. The molecule has 1 atom stereocenters. The Bertz CT molecular complexity index is 991. The number of benzene rings is 2. The molecule has 1 unspecified atom stereocenters. The summed E-state index contributed by atoms with van der Waals surface area (Å²) in [5.74, 6) is -0.364. The molecule has 1 aliphatic heterocycles. The third kappa shape index (κ3) is 5.74. The van der Waals surface area contributed by atoms with Gasteiger partial charge >= 0.3 is 0 Å². The first-order valence-corrected chi connectivity index (χ1v) is 12.3. The Kier molecular flexibility index (Phi) is 7.39. The number of anilines is 1. The second-order valence-corrected chi connectivity index (χ2v) is 9.98. The van der Waals surface area contributed by atoms with E-state index >= 15 is 0 Å². The predicted octanol–water partition coefficient (Wildman–Crippen LogP) is 3.41. The van der Waals surface area contributed by atoms with Gasteiger partial charge in [0.25, 0.3) is 0 Å². The van der Waals surface area contributed by atoms with Crippen molar-refractivity contribution in [1.29, 1.82) is 0 Å². The van der Waals surface area contributed by atoms with Gasteiger partial charge in [0.1, 0.15) is 6.04 Å². The van der Waals surface area contributed by atoms with Crippen molar-refractivity contribution in [2.75, 3.05) is 23.7 Å². The Morgan fingerprint density at radius 2 is 1.80 bits per heavy atom. The minimum atomic E-state index is -3.68. The summed E-state index contributed by atoms with van der Waals surface area (Å²) in [6.45, 7) is 4.98. The molecule has 30 heavy (non-hydrogen) atoms. The van der Waals surface area contributed by atoms with Crippen LogP contribution in [0.4, 0.5) is 5.69 Å². The van der Waals surface area contributed by atoms with Crippen LogP contribution in [0, 0.1) is 0 Å². The van der Waals surface area contributed by atoms with Gasteiger partial charge in [0.2, 0.25) is 15.9 Å². The van der Waals surface area contributed by atoms with Crippen LogP contribution in [0.25, 0.3) is 0 Å². The van der Waals surface area contributed by atoms with Crippen molar-refractivity contribution in [3.63, 3.8) is 0 Å². The van der Waals surface area contributed by atoms with Crippen LogP contribution in [-0.4, -0.2) is 44.6 Å².